The van der Waals surface area contributed by atoms with E-state index in [1.807, 2.05) is 11.6 Å². The van der Waals surface area contributed by atoms with E-state index in [9.17, 15) is 8.78 Å². The highest BCUT2D eigenvalue weighted by molar-refractivity contribution is 5.76. The van der Waals surface area contributed by atoms with Gasteiger partial charge in [-0.3, -0.25) is 0 Å². The summed E-state index contributed by atoms with van der Waals surface area (Å²) in [6, 6.07) is 3.94. The summed E-state index contributed by atoms with van der Waals surface area (Å²) in [6.45, 7) is 8.31. The molecule has 0 amide bonds. The van der Waals surface area contributed by atoms with Crippen LogP contribution in [-0.4, -0.2) is 23.7 Å². The number of hydrogen-bond donors (Lipinski definition) is 3. The summed E-state index contributed by atoms with van der Waals surface area (Å²) >= 11 is 0. The van der Waals surface area contributed by atoms with Crippen LogP contribution in [0.5, 0.6) is 0 Å². The lowest BCUT2D eigenvalue weighted by molar-refractivity contribution is 0.307. The number of anilines is 1. The van der Waals surface area contributed by atoms with Crippen molar-refractivity contribution in [2.45, 2.75) is 38.6 Å². The molecule has 0 aliphatic carbocycles. The maximum Gasteiger partial charge on any atom is 0.160 e. The number of rotatable bonds is 7. The lowest BCUT2D eigenvalue weighted by atomic mass is 9.87. The van der Waals surface area contributed by atoms with Crippen molar-refractivity contribution >= 4 is 11.4 Å². The van der Waals surface area contributed by atoms with E-state index in [1.165, 1.54) is 17.2 Å². The average Bonchev–Trinajstić information content (AvgIpc) is 2.96. The summed E-state index contributed by atoms with van der Waals surface area (Å²) in [7, 11) is 1.97. The van der Waals surface area contributed by atoms with Crippen LogP contribution >= 0.6 is 0 Å². The Balaban J connectivity index is 1.72. The standard InChI is InChI=1S/C22H30F2N4/c1-14-13-28(3)22(15(2)27-17-4-6-19(23)20(24)12-17)18(14)5-7-21(25)16-8-10-26-11-9-16/h4,6,12-13,16,21,26-27H,2,5,7-11,25H2,1,3H3. The number of aryl methyl sites for hydroxylation is 2. The first-order valence-electron chi connectivity index (χ1n) is 9.89. The Morgan fingerprint density at radius 3 is 2.71 bits per heavy atom. The van der Waals surface area contributed by atoms with E-state index in [-0.39, 0.29) is 6.04 Å². The van der Waals surface area contributed by atoms with Crippen molar-refractivity contribution in [1.29, 1.82) is 0 Å². The maximum absolute atomic E-state index is 13.5. The zero-order valence-corrected chi connectivity index (χ0v) is 16.7. The zero-order chi connectivity index (χ0) is 20.3. The number of benzene rings is 1. The molecule has 2 aromatic rings. The summed E-state index contributed by atoms with van der Waals surface area (Å²) in [5.41, 5.74) is 11.0. The SMILES string of the molecule is C=C(Nc1ccc(F)c(F)c1)c1c(CCC(N)C2CCNCC2)c(C)cn1C. The molecule has 1 aromatic heterocycles. The Morgan fingerprint density at radius 1 is 1.32 bits per heavy atom. The van der Waals surface area contributed by atoms with Gasteiger partial charge in [-0.2, -0.15) is 0 Å². The van der Waals surface area contributed by atoms with Crippen LogP contribution in [0.3, 0.4) is 0 Å². The Hall–Kier alpha value is -2.18. The molecule has 4 N–H and O–H groups in total. The second kappa shape index (κ2) is 8.88. The molecule has 3 rings (SSSR count). The first kappa shape index (κ1) is 20.6. The van der Waals surface area contributed by atoms with E-state index in [2.05, 4.69) is 30.3 Å². The smallest absolute Gasteiger partial charge is 0.160 e. The Labute approximate surface area is 165 Å². The lowest BCUT2D eigenvalue weighted by Crippen LogP contribution is -2.38. The maximum atomic E-state index is 13.5. The molecule has 0 saturated carbocycles. The number of nitrogens with two attached hydrogens (primary N) is 1. The number of nitrogens with zero attached hydrogens (tertiary/aromatic N) is 1. The van der Waals surface area contributed by atoms with Crippen LogP contribution in [-0.2, 0) is 13.5 Å². The van der Waals surface area contributed by atoms with Gasteiger partial charge in [0, 0.05) is 31.0 Å². The van der Waals surface area contributed by atoms with Gasteiger partial charge in [-0.15, -0.1) is 0 Å². The van der Waals surface area contributed by atoms with Crippen LogP contribution in [0.15, 0.2) is 31.0 Å². The molecule has 1 saturated heterocycles. The molecule has 28 heavy (non-hydrogen) atoms. The molecule has 1 aliphatic heterocycles. The van der Waals surface area contributed by atoms with Gasteiger partial charge in [0.2, 0.25) is 0 Å². The fourth-order valence-electron chi connectivity index (χ4n) is 4.17. The largest absolute Gasteiger partial charge is 0.354 e. The molecule has 0 spiro atoms. The molecule has 0 bridgehead atoms. The van der Waals surface area contributed by atoms with Crippen LogP contribution in [0, 0.1) is 24.5 Å². The van der Waals surface area contributed by atoms with Crippen LogP contribution in [0.2, 0.25) is 0 Å². The number of nitrogens with one attached hydrogen (secondary N) is 2. The lowest BCUT2D eigenvalue weighted by Gasteiger charge is -2.28. The molecule has 4 nitrogen and oxygen atoms in total. The van der Waals surface area contributed by atoms with E-state index in [0.29, 0.717) is 17.3 Å². The summed E-state index contributed by atoms with van der Waals surface area (Å²) in [6.07, 6.45) is 6.11. The first-order valence-corrected chi connectivity index (χ1v) is 9.89. The third-order valence-electron chi connectivity index (χ3n) is 5.72. The topological polar surface area (TPSA) is 55.0 Å². The van der Waals surface area contributed by atoms with Gasteiger partial charge in [-0.05, 0) is 74.9 Å². The van der Waals surface area contributed by atoms with E-state index in [0.717, 1.165) is 56.6 Å². The number of hydrogen-bond acceptors (Lipinski definition) is 3. The summed E-state index contributed by atoms with van der Waals surface area (Å²) < 4.78 is 28.7. The van der Waals surface area contributed by atoms with Crippen LogP contribution in [0.1, 0.15) is 36.1 Å². The average molecular weight is 389 g/mol. The van der Waals surface area contributed by atoms with Gasteiger partial charge in [0.05, 0.1) is 11.4 Å². The van der Waals surface area contributed by atoms with Crippen molar-refractivity contribution < 1.29 is 8.78 Å². The summed E-state index contributed by atoms with van der Waals surface area (Å²) in [5.74, 6) is -1.18. The number of halogens is 2. The molecule has 1 aromatic carbocycles. The molecule has 1 aliphatic rings. The Bertz CT molecular complexity index is 837. The molecule has 0 radical (unpaired) electrons. The molecule has 152 valence electrons. The van der Waals surface area contributed by atoms with Gasteiger partial charge in [0.25, 0.3) is 0 Å². The zero-order valence-electron chi connectivity index (χ0n) is 16.7. The van der Waals surface area contributed by atoms with E-state index in [4.69, 9.17) is 5.73 Å². The van der Waals surface area contributed by atoms with Crippen molar-refractivity contribution in [1.82, 2.24) is 9.88 Å². The van der Waals surface area contributed by atoms with Gasteiger partial charge < -0.3 is 20.9 Å². The fraction of sp³-hybridized carbons (Fsp3) is 0.455. The molecular formula is C22H30F2N4. The van der Waals surface area contributed by atoms with Crippen molar-refractivity contribution in [3.8, 4) is 0 Å². The minimum Gasteiger partial charge on any atom is -0.354 e. The predicted octanol–water partition coefficient (Wildman–Crippen LogP) is 3.95. The predicted molar refractivity (Wildman–Crippen MR) is 111 cm³/mol. The molecule has 1 fully saturated rings. The molecule has 6 heteroatoms. The van der Waals surface area contributed by atoms with Crippen molar-refractivity contribution in [2.75, 3.05) is 18.4 Å². The van der Waals surface area contributed by atoms with E-state index < -0.39 is 11.6 Å². The van der Waals surface area contributed by atoms with Gasteiger partial charge in [0.1, 0.15) is 0 Å². The highest BCUT2D eigenvalue weighted by Gasteiger charge is 2.22. The third-order valence-corrected chi connectivity index (χ3v) is 5.72. The minimum absolute atomic E-state index is 0.182. The highest BCUT2D eigenvalue weighted by atomic mass is 19.2. The number of piperidine rings is 1. The molecule has 1 atom stereocenters. The Morgan fingerprint density at radius 2 is 2.04 bits per heavy atom. The first-order chi connectivity index (χ1) is 13.4. The van der Waals surface area contributed by atoms with Crippen molar-refractivity contribution in [2.24, 2.45) is 18.7 Å². The van der Waals surface area contributed by atoms with Gasteiger partial charge >= 0.3 is 0 Å². The molecule has 2 heterocycles. The Kier molecular flexibility index (Phi) is 6.52. The van der Waals surface area contributed by atoms with Crippen molar-refractivity contribution in [3.63, 3.8) is 0 Å². The van der Waals surface area contributed by atoms with Gasteiger partial charge in [0.15, 0.2) is 11.6 Å². The monoisotopic (exact) mass is 388 g/mol. The fourth-order valence-corrected chi connectivity index (χ4v) is 4.17. The normalized spacial score (nSPS) is 16.2. The van der Waals surface area contributed by atoms with Gasteiger partial charge in [-0.1, -0.05) is 6.58 Å². The van der Waals surface area contributed by atoms with Crippen LogP contribution in [0.4, 0.5) is 14.5 Å². The van der Waals surface area contributed by atoms with E-state index in [1.54, 1.807) is 0 Å². The summed E-state index contributed by atoms with van der Waals surface area (Å²) in [4.78, 5) is 0. The van der Waals surface area contributed by atoms with Crippen LogP contribution < -0.4 is 16.4 Å². The van der Waals surface area contributed by atoms with E-state index >= 15 is 0 Å². The molecular weight excluding hydrogens is 358 g/mol. The second-order valence-electron chi connectivity index (χ2n) is 7.77. The van der Waals surface area contributed by atoms with Crippen LogP contribution in [0.25, 0.3) is 5.70 Å². The summed E-state index contributed by atoms with van der Waals surface area (Å²) in [5, 5.41) is 6.49. The van der Waals surface area contributed by atoms with Crippen molar-refractivity contribution in [3.05, 3.63) is 59.4 Å². The third kappa shape index (κ3) is 4.62. The number of aromatic nitrogens is 1. The quantitative estimate of drug-likeness (QED) is 0.673. The highest BCUT2D eigenvalue weighted by Crippen LogP contribution is 2.27. The minimum atomic E-state index is -0.881. The molecule has 1 unspecified atom stereocenters. The second-order valence-corrected chi connectivity index (χ2v) is 7.77. The van der Waals surface area contributed by atoms with Gasteiger partial charge in [-0.25, -0.2) is 8.78 Å².